The smallest absolute Gasteiger partial charge is 0.329 e. The van der Waals surface area contributed by atoms with Crippen LogP contribution in [0.1, 0.15) is 16.8 Å². The van der Waals surface area contributed by atoms with Crippen molar-refractivity contribution in [3.63, 3.8) is 0 Å². The average molecular weight is 432 g/mol. The fourth-order valence-electron chi connectivity index (χ4n) is 3.26. The summed E-state index contributed by atoms with van der Waals surface area (Å²) in [5, 5.41) is 5.37. The maximum absolute atomic E-state index is 12.8. The van der Waals surface area contributed by atoms with Gasteiger partial charge in [-0.1, -0.05) is 48.5 Å². The molecule has 162 valence electrons. The number of ether oxygens (including phenoxy) is 1. The number of hydrogen-bond donors (Lipinski definition) is 2. The van der Waals surface area contributed by atoms with Gasteiger partial charge in [-0.3, -0.25) is 19.5 Å². The van der Waals surface area contributed by atoms with Gasteiger partial charge in [-0.15, -0.1) is 0 Å². The van der Waals surface area contributed by atoms with Gasteiger partial charge in [0, 0.05) is 5.69 Å². The molecule has 1 aromatic heterocycles. The molecule has 0 spiro atoms. The van der Waals surface area contributed by atoms with Gasteiger partial charge in [0.1, 0.15) is 18.8 Å². The minimum absolute atomic E-state index is 0.0353. The summed E-state index contributed by atoms with van der Waals surface area (Å²) in [5.74, 6) is -1.43. The molecular formula is C23H20N4O5. The second-order valence-electron chi connectivity index (χ2n) is 7.15. The highest BCUT2D eigenvalue weighted by molar-refractivity contribution is 6.15. The highest BCUT2D eigenvalue weighted by Crippen LogP contribution is 2.15. The summed E-state index contributed by atoms with van der Waals surface area (Å²) in [5.41, 5.74) is 1.71. The molecule has 2 aromatic carbocycles. The van der Waals surface area contributed by atoms with Crippen molar-refractivity contribution in [2.45, 2.75) is 13.5 Å². The summed E-state index contributed by atoms with van der Waals surface area (Å²) in [6.07, 6.45) is 1.31. The topological polar surface area (TPSA) is 114 Å². The molecule has 0 saturated carbocycles. The molecule has 1 aliphatic heterocycles. The SMILES string of the molecule is Cc1[nH]n(-c2ccccc2)c(=O)c1C=C1NC(=O)N(CC(=O)OCc2ccccc2)C1=O. The van der Waals surface area contributed by atoms with E-state index >= 15 is 0 Å². The normalized spacial score (nSPS) is 14.7. The van der Waals surface area contributed by atoms with Crippen LogP contribution in [0.15, 0.2) is 71.2 Å². The monoisotopic (exact) mass is 432 g/mol. The highest BCUT2D eigenvalue weighted by atomic mass is 16.5. The molecule has 3 aromatic rings. The third-order valence-corrected chi connectivity index (χ3v) is 4.91. The molecule has 1 aliphatic rings. The zero-order valence-corrected chi connectivity index (χ0v) is 17.2. The van der Waals surface area contributed by atoms with Gasteiger partial charge in [-0.2, -0.15) is 0 Å². The van der Waals surface area contributed by atoms with Crippen molar-refractivity contribution in [1.29, 1.82) is 0 Å². The number of imide groups is 1. The van der Waals surface area contributed by atoms with E-state index in [1.807, 2.05) is 24.3 Å². The van der Waals surface area contributed by atoms with Crippen molar-refractivity contribution < 1.29 is 19.1 Å². The number of carbonyl (C=O) groups is 3. The minimum atomic E-state index is -0.755. The van der Waals surface area contributed by atoms with Crippen molar-refractivity contribution in [1.82, 2.24) is 20.0 Å². The number of aromatic amines is 1. The lowest BCUT2D eigenvalue weighted by molar-refractivity contribution is -0.147. The van der Waals surface area contributed by atoms with Gasteiger partial charge in [-0.25, -0.2) is 14.4 Å². The quantitative estimate of drug-likeness (QED) is 0.352. The Hall–Kier alpha value is -4.40. The molecule has 2 heterocycles. The molecule has 4 rings (SSSR count). The summed E-state index contributed by atoms with van der Waals surface area (Å²) < 4.78 is 6.49. The van der Waals surface area contributed by atoms with Crippen LogP contribution in [0.5, 0.6) is 0 Å². The summed E-state index contributed by atoms with van der Waals surface area (Å²) in [4.78, 5) is 50.6. The Labute approximate surface area is 182 Å². The Morgan fingerprint density at radius 2 is 1.66 bits per heavy atom. The van der Waals surface area contributed by atoms with E-state index in [4.69, 9.17) is 4.74 Å². The summed E-state index contributed by atoms with van der Waals surface area (Å²) >= 11 is 0. The molecule has 0 atom stereocenters. The van der Waals surface area contributed by atoms with Crippen LogP contribution >= 0.6 is 0 Å². The summed E-state index contributed by atoms with van der Waals surface area (Å²) in [6, 6.07) is 17.3. The van der Waals surface area contributed by atoms with Crippen LogP contribution in [0.25, 0.3) is 11.8 Å². The van der Waals surface area contributed by atoms with Gasteiger partial charge in [0.05, 0.1) is 11.3 Å². The Balaban J connectivity index is 1.49. The van der Waals surface area contributed by atoms with E-state index in [1.165, 1.54) is 10.8 Å². The Morgan fingerprint density at radius 1 is 1.00 bits per heavy atom. The Bertz CT molecular complexity index is 1260. The molecule has 2 N–H and O–H groups in total. The number of para-hydroxylation sites is 1. The van der Waals surface area contributed by atoms with Crippen molar-refractivity contribution in [3.8, 4) is 5.69 Å². The molecule has 3 amide bonds. The van der Waals surface area contributed by atoms with E-state index in [1.54, 1.807) is 43.3 Å². The fraction of sp³-hybridized carbons (Fsp3) is 0.130. The minimum Gasteiger partial charge on any atom is -0.459 e. The Morgan fingerprint density at radius 3 is 2.34 bits per heavy atom. The highest BCUT2D eigenvalue weighted by Gasteiger charge is 2.35. The van der Waals surface area contributed by atoms with Crippen LogP contribution in [-0.2, 0) is 20.9 Å². The van der Waals surface area contributed by atoms with Crippen LogP contribution in [0.4, 0.5) is 4.79 Å². The van der Waals surface area contributed by atoms with E-state index in [0.717, 1.165) is 10.5 Å². The zero-order chi connectivity index (χ0) is 22.7. The first-order valence-corrected chi connectivity index (χ1v) is 9.85. The van der Waals surface area contributed by atoms with E-state index < -0.39 is 24.5 Å². The number of aryl methyl sites for hydroxylation is 1. The van der Waals surface area contributed by atoms with Gasteiger partial charge >= 0.3 is 12.0 Å². The van der Waals surface area contributed by atoms with E-state index in [-0.39, 0.29) is 23.4 Å². The van der Waals surface area contributed by atoms with Crippen LogP contribution in [-0.4, -0.2) is 39.1 Å². The molecule has 1 saturated heterocycles. The van der Waals surface area contributed by atoms with Crippen LogP contribution in [0, 0.1) is 6.92 Å². The van der Waals surface area contributed by atoms with Crippen molar-refractivity contribution >= 4 is 24.0 Å². The number of benzene rings is 2. The number of amides is 3. The van der Waals surface area contributed by atoms with Gasteiger partial charge in [-0.05, 0) is 30.7 Å². The lowest BCUT2D eigenvalue weighted by atomic mass is 10.2. The first-order valence-electron chi connectivity index (χ1n) is 9.85. The summed E-state index contributed by atoms with van der Waals surface area (Å²) in [6.45, 7) is 1.19. The molecule has 32 heavy (non-hydrogen) atoms. The lowest BCUT2D eigenvalue weighted by Gasteiger charge is -2.11. The van der Waals surface area contributed by atoms with Crippen LogP contribution < -0.4 is 10.9 Å². The second-order valence-corrected chi connectivity index (χ2v) is 7.15. The van der Waals surface area contributed by atoms with Gasteiger partial charge in [0.25, 0.3) is 11.5 Å². The molecule has 9 nitrogen and oxygen atoms in total. The van der Waals surface area contributed by atoms with Crippen LogP contribution in [0.2, 0.25) is 0 Å². The molecular weight excluding hydrogens is 412 g/mol. The first kappa shape index (κ1) is 20.9. The molecule has 0 bridgehead atoms. The number of urea groups is 1. The van der Waals surface area contributed by atoms with Gasteiger partial charge in [0.15, 0.2) is 0 Å². The fourth-order valence-corrected chi connectivity index (χ4v) is 3.26. The van der Waals surface area contributed by atoms with E-state index in [9.17, 15) is 19.2 Å². The standard InChI is InChI=1S/C23H20N4O5/c1-15-18(21(29)27(25-15)17-10-6-3-7-11-17)12-19-22(30)26(23(31)24-19)13-20(28)32-14-16-8-4-2-5-9-16/h2-12,25H,13-14H2,1H3,(H,24,31). The first-order chi connectivity index (χ1) is 15.4. The second kappa shape index (κ2) is 8.76. The molecule has 0 radical (unpaired) electrons. The van der Waals surface area contributed by atoms with Gasteiger partial charge < -0.3 is 10.1 Å². The average Bonchev–Trinajstić information content (AvgIpc) is 3.24. The third kappa shape index (κ3) is 4.22. The number of rotatable bonds is 6. The van der Waals surface area contributed by atoms with Crippen molar-refractivity contribution in [2.75, 3.05) is 6.54 Å². The van der Waals surface area contributed by atoms with Gasteiger partial charge in [0.2, 0.25) is 0 Å². The largest absolute Gasteiger partial charge is 0.459 e. The number of nitrogens with one attached hydrogen (secondary N) is 2. The maximum Gasteiger partial charge on any atom is 0.329 e. The van der Waals surface area contributed by atoms with E-state index in [0.29, 0.717) is 11.4 Å². The van der Waals surface area contributed by atoms with Crippen molar-refractivity contribution in [3.05, 3.63) is 93.5 Å². The summed E-state index contributed by atoms with van der Waals surface area (Å²) in [7, 11) is 0. The lowest BCUT2D eigenvalue weighted by Crippen LogP contribution is -2.36. The molecule has 9 heteroatoms. The predicted octanol–water partition coefficient (Wildman–Crippen LogP) is 2.11. The number of aromatic nitrogens is 2. The zero-order valence-electron chi connectivity index (χ0n) is 17.2. The molecule has 0 aliphatic carbocycles. The number of H-pyrrole nitrogens is 1. The molecule has 0 unspecified atom stereocenters. The third-order valence-electron chi connectivity index (χ3n) is 4.91. The van der Waals surface area contributed by atoms with E-state index in [2.05, 4.69) is 10.4 Å². The van der Waals surface area contributed by atoms with Crippen LogP contribution in [0.3, 0.4) is 0 Å². The predicted molar refractivity (Wildman–Crippen MR) is 116 cm³/mol. The van der Waals surface area contributed by atoms with Crippen molar-refractivity contribution in [2.24, 2.45) is 0 Å². The number of nitrogens with zero attached hydrogens (tertiary/aromatic N) is 2. The molecule has 1 fully saturated rings. The number of hydrogen-bond acceptors (Lipinski definition) is 5. The number of carbonyl (C=O) groups excluding carboxylic acids is 3. The Kier molecular flexibility index (Phi) is 5.71. The maximum atomic E-state index is 12.8. The number of esters is 1.